The van der Waals surface area contributed by atoms with Crippen LogP contribution in [0.25, 0.3) is 99.0 Å². The lowest BCUT2D eigenvalue weighted by Gasteiger charge is -2.40. The highest BCUT2D eigenvalue weighted by Gasteiger charge is 2.51. The summed E-state index contributed by atoms with van der Waals surface area (Å²) in [7, 11) is 0. The average Bonchev–Trinajstić information content (AvgIpc) is 3.68. The third-order valence-corrected chi connectivity index (χ3v) is 14.3. The number of fused-ring (bicyclic) bond motifs is 15. The van der Waals surface area contributed by atoms with Crippen LogP contribution in [0.2, 0.25) is 0 Å². The van der Waals surface area contributed by atoms with Crippen molar-refractivity contribution in [3.05, 3.63) is 259 Å². The van der Waals surface area contributed by atoms with Crippen LogP contribution in [0.5, 0.6) is 11.5 Å². The highest BCUT2D eigenvalue weighted by molar-refractivity contribution is 6.23. The Kier molecular flexibility index (Phi) is 7.93. The van der Waals surface area contributed by atoms with Gasteiger partial charge in [0, 0.05) is 32.8 Å². The van der Waals surface area contributed by atoms with Crippen LogP contribution in [0.4, 0.5) is 0 Å². The van der Waals surface area contributed by atoms with Gasteiger partial charge < -0.3 is 4.74 Å². The van der Waals surface area contributed by atoms with Crippen LogP contribution >= 0.6 is 0 Å². The molecular formula is C64H39NO. The minimum atomic E-state index is -0.590. The summed E-state index contributed by atoms with van der Waals surface area (Å²) in [5, 5.41) is 8.04. The maximum absolute atomic E-state index is 7.37. The standard InChI is InChI=1S/C64H39NO/c1-3-17-40(18-4-1)41-31-33-42(34-32-41)59-47-23-7-9-25-49(47)60(50-26-10-8-24-48(50)59)44-35-38-57-52(39-44)61-51(62(65-57)43-19-5-2-6-20-43)36-37-56-63(61)66-58-30-16-15-29-55(58)64(56)53-27-13-11-21-45(53)46-22-12-14-28-54(46)64/h1-39H. The lowest BCUT2D eigenvalue weighted by Crippen LogP contribution is -2.32. The van der Waals surface area contributed by atoms with Gasteiger partial charge >= 0.3 is 0 Å². The lowest BCUT2D eigenvalue weighted by molar-refractivity contribution is 0.442. The maximum Gasteiger partial charge on any atom is 0.140 e. The monoisotopic (exact) mass is 837 g/mol. The van der Waals surface area contributed by atoms with E-state index in [0.29, 0.717) is 0 Å². The number of benzene rings is 11. The van der Waals surface area contributed by atoms with Crippen LogP contribution in [-0.4, -0.2) is 4.98 Å². The first-order valence-corrected chi connectivity index (χ1v) is 22.8. The first-order valence-electron chi connectivity index (χ1n) is 22.8. The van der Waals surface area contributed by atoms with Crippen molar-refractivity contribution in [2.75, 3.05) is 0 Å². The number of pyridine rings is 1. The number of rotatable bonds is 4. The smallest absolute Gasteiger partial charge is 0.140 e. The largest absolute Gasteiger partial charge is 0.456 e. The van der Waals surface area contributed by atoms with E-state index < -0.39 is 5.41 Å². The van der Waals surface area contributed by atoms with E-state index in [1.54, 1.807) is 0 Å². The predicted molar refractivity (Wildman–Crippen MR) is 273 cm³/mol. The Balaban J connectivity index is 1.07. The van der Waals surface area contributed by atoms with Gasteiger partial charge in [0.05, 0.1) is 16.6 Å². The molecule has 1 aliphatic heterocycles. The number of para-hydroxylation sites is 1. The molecule has 0 amide bonds. The van der Waals surface area contributed by atoms with Gasteiger partial charge in [-0.1, -0.05) is 218 Å². The molecule has 2 heteroatoms. The molecule has 1 aliphatic carbocycles. The minimum absolute atomic E-state index is 0.590. The fourth-order valence-corrected chi connectivity index (χ4v) is 11.6. The van der Waals surface area contributed by atoms with Crippen LogP contribution in [0.15, 0.2) is 237 Å². The first-order chi connectivity index (χ1) is 32.8. The van der Waals surface area contributed by atoms with E-state index >= 15 is 0 Å². The van der Waals surface area contributed by atoms with Gasteiger partial charge in [0.2, 0.25) is 0 Å². The molecule has 0 fully saturated rings. The van der Waals surface area contributed by atoms with Gasteiger partial charge in [-0.2, -0.15) is 0 Å². The normalized spacial score (nSPS) is 13.1. The Hall–Kier alpha value is -8.59. The zero-order chi connectivity index (χ0) is 43.3. The summed E-state index contributed by atoms with van der Waals surface area (Å²) in [4.78, 5) is 5.51. The molecule has 306 valence electrons. The second kappa shape index (κ2) is 14.2. The van der Waals surface area contributed by atoms with Crippen molar-refractivity contribution in [1.29, 1.82) is 0 Å². The summed E-state index contributed by atoms with van der Waals surface area (Å²) < 4.78 is 7.37. The van der Waals surface area contributed by atoms with Gasteiger partial charge in [0.15, 0.2) is 0 Å². The summed E-state index contributed by atoms with van der Waals surface area (Å²) in [6.45, 7) is 0. The number of aromatic nitrogens is 1. The molecule has 11 aromatic carbocycles. The summed E-state index contributed by atoms with van der Waals surface area (Å²) in [6, 6.07) is 86.2. The zero-order valence-electron chi connectivity index (χ0n) is 35.9. The molecule has 0 radical (unpaired) electrons. The number of ether oxygens (including phenoxy) is 1. The Bertz CT molecular complexity index is 3840. The first kappa shape index (κ1) is 36.8. The highest BCUT2D eigenvalue weighted by Crippen LogP contribution is 2.63. The SMILES string of the molecule is c1ccc(-c2ccc(-c3c4ccccc4c(-c4ccc5nc(-c6ccccc6)c6ccc7c(c6c5c4)Oc4ccccc4C74c5ccccc5-c5ccccc54)c4ccccc34)cc2)cc1. The van der Waals surface area contributed by atoms with Crippen LogP contribution < -0.4 is 4.74 Å². The Morgan fingerprint density at radius 2 is 0.803 bits per heavy atom. The fraction of sp³-hybridized carbons (Fsp3) is 0.0156. The van der Waals surface area contributed by atoms with Crippen molar-refractivity contribution in [2.24, 2.45) is 0 Å². The van der Waals surface area contributed by atoms with Crippen LogP contribution in [0.3, 0.4) is 0 Å². The molecule has 0 bridgehead atoms. The van der Waals surface area contributed by atoms with Crippen LogP contribution in [-0.2, 0) is 5.41 Å². The summed E-state index contributed by atoms with van der Waals surface area (Å²) in [5.74, 6) is 1.75. The van der Waals surface area contributed by atoms with E-state index in [2.05, 4.69) is 237 Å². The molecular weight excluding hydrogens is 799 g/mol. The summed E-state index contributed by atoms with van der Waals surface area (Å²) in [5.41, 5.74) is 16.9. The molecule has 14 rings (SSSR count). The van der Waals surface area contributed by atoms with E-state index in [-0.39, 0.29) is 0 Å². The van der Waals surface area contributed by atoms with Crippen LogP contribution in [0, 0.1) is 0 Å². The van der Waals surface area contributed by atoms with E-state index in [9.17, 15) is 0 Å². The molecule has 12 aromatic rings. The molecule has 0 saturated heterocycles. The quantitative estimate of drug-likeness (QED) is 0.130. The Morgan fingerprint density at radius 3 is 1.44 bits per heavy atom. The predicted octanol–water partition coefficient (Wildman–Crippen LogP) is 16.8. The van der Waals surface area contributed by atoms with Gasteiger partial charge in [0.25, 0.3) is 0 Å². The number of hydrogen-bond acceptors (Lipinski definition) is 2. The molecule has 0 saturated carbocycles. The van der Waals surface area contributed by atoms with E-state index in [0.717, 1.165) is 61.1 Å². The van der Waals surface area contributed by atoms with E-state index in [1.807, 2.05) is 0 Å². The zero-order valence-corrected chi connectivity index (χ0v) is 35.9. The lowest BCUT2D eigenvalue weighted by atomic mass is 9.65. The van der Waals surface area contributed by atoms with Gasteiger partial charge in [-0.3, -0.25) is 0 Å². The summed E-state index contributed by atoms with van der Waals surface area (Å²) >= 11 is 0. The van der Waals surface area contributed by atoms with Crippen molar-refractivity contribution < 1.29 is 4.74 Å². The van der Waals surface area contributed by atoms with Gasteiger partial charge in [0.1, 0.15) is 11.5 Å². The summed E-state index contributed by atoms with van der Waals surface area (Å²) in [6.07, 6.45) is 0. The fourth-order valence-electron chi connectivity index (χ4n) is 11.6. The van der Waals surface area contributed by atoms with Gasteiger partial charge in [-0.25, -0.2) is 4.98 Å². The Labute approximate surface area is 382 Å². The van der Waals surface area contributed by atoms with Gasteiger partial charge in [-0.15, -0.1) is 0 Å². The second-order valence-corrected chi connectivity index (χ2v) is 17.6. The topological polar surface area (TPSA) is 22.1 Å². The molecule has 2 nitrogen and oxygen atoms in total. The Morgan fingerprint density at radius 1 is 0.318 bits per heavy atom. The highest BCUT2D eigenvalue weighted by atomic mass is 16.5. The van der Waals surface area contributed by atoms with Crippen molar-refractivity contribution in [3.63, 3.8) is 0 Å². The molecule has 1 aromatic heterocycles. The molecule has 0 unspecified atom stereocenters. The number of nitrogens with zero attached hydrogens (tertiary/aromatic N) is 1. The van der Waals surface area contributed by atoms with E-state index in [4.69, 9.17) is 9.72 Å². The third kappa shape index (κ3) is 5.15. The molecule has 66 heavy (non-hydrogen) atoms. The van der Waals surface area contributed by atoms with Crippen molar-refractivity contribution in [2.45, 2.75) is 5.41 Å². The molecule has 0 atom stereocenters. The third-order valence-electron chi connectivity index (χ3n) is 14.3. The van der Waals surface area contributed by atoms with Gasteiger partial charge in [-0.05, 0) is 95.4 Å². The van der Waals surface area contributed by atoms with Crippen molar-refractivity contribution in [1.82, 2.24) is 4.98 Å². The average molecular weight is 838 g/mol. The molecule has 1 spiro atoms. The van der Waals surface area contributed by atoms with E-state index in [1.165, 1.54) is 71.6 Å². The van der Waals surface area contributed by atoms with Crippen LogP contribution in [0.1, 0.15) is 22.3 Å². The van der Waals surface area contributed by atoms with Crippen molar-refractivity contribution >= 4 is 43.2 Å². The molecule has 2 aliphatic rings. The number of hydrogen-bond donors (Lipinski definition) is 0. The minimum Gasteiger partial charge on any atom is -0.456 e. The second-order valence-electron chi connectivity index (χ2n) is 17.6. The molecule has 2 heterocycles. The molecule has 0 N–H and O–H groups in total. The maximum atomic E-state index is 7.37. The van der Waals surface area contributed by atoms with Crippen molar-refractivity contribution in [3.8, 4) is 67.3 Å².